The molecule has 0 aliphatic heterocycles. The van der Waals surface area contributed by atoms with E-state index in [1.807, 2.05) is 22.6 Å². The van der Waals surface area contributed by atoms with Crippen molar-refractivity contribution in [2.24, 2.45) is 0 Å². The summed E-state index contributed by atoms with van der Waals surface area (Å²) in [6, 6.07) is 5.49. The van der Waals surface area contributed by atoms with Crippen molar-refractivity contribution in [2.75, 3.05) is 7.11 Å². The number of aromatic nitrogens is 1. The molecule has 0 aliphatic carbocycles. The number of ether oxygens (including phenoxy) is 1. The second-order valence-electron chi connectivity index (χ2n) is 3.53. The third kappa shape index (κ3) is 2.33. The minimum absolute atomic E-state index is 0.101. The van der Waals surface area contributed by atoms with Gasteiger partial charge in [0.1, 0.15) is 17.3 Å². The molecule has 1 N–H and O–H groups in total. The molecule has 0 aliphatic rings. The van der Waals surface area contributed by atoms with E-state index >= 15 is 0 Å². The summed E-state index contributed by atoms with van der Waals surface area (Å²) in [7, 11) is 1.41. The van der Waals surface area contributed by atoms with Crippen LogP contribution in [0.3, 0.4) is 0 Å². The summed E-state index contributed by atoms with van der Waals surface area (Å²) in [6.07, 6.45) is 1.65. The molecule has 1 heterocycles. The van der Waals surface area contributed by atoms with E-state index in [9.17, 15) is 9.18 Å². The van der Waals surface area contributed by atoms with Gasteiger partial charge in [0.15, 0.2) is 0 Å². The summed E-state index contributed by atoms with van der Waals surface area (Å²) in [5, 5.41) is 9.12. The lowest BCUT2D eigenvalue weighted by Crippen LogP contribution is -2.07. The van der Waals surface area contributed by atoms with E-state index in [0.29, 0.717) is 5.69 Å². The van der Waals surface area contributed by atoms with E-state index in [4.69, 9.17) is 9.84 Å². The number of halogens is 2. The molecule has 0 spiro atoms. The molecule has 0 radical (unpaired) electrons. The Kier molecular flexibility index (Phi) is 3.55. The number of carboxylic acid groups (broad SMARTS) is 1. The van der Waals surface area contributed by atoms with Crippen LogP contribution in [0.2, 0.25) is 0 Å². The summed E-state index contributed by atoms with van der Waals surface area (Å²) in [4.78, 5) is 11.1. The summed E-state index contributed by atoms with van der Waals surface area (Å²) in [5.74, 6) is -1.21. The largest absolute Gasteiger partial charge is 0.494 e. The van der Waals surface area contributed by atoms with E-state index in [0.717, 1.165) is 3.57 Å². The Morgan fingerprint density at radius 1 is 1.44 bits per heavy atom. The molecule has 0 bridgehead atoms. The summed E-state index contributed by atoms with van der Waals surface area (Å²) < 4.78 is 20.4. The lowest BCUT2D eigenvalue weighted by atomic mass is 10.2. The first-order valence-electron chi connectivity index (χ1n) is 4.98. The van der Waals surface area contributed by atoms with Crippen molar-refractivity contribution in [1.82, 2.24) is 4.57 Å². The Bertz CT molecular complexity index is 609. The molecule has 2 aromatic rings. The molecule has 0 fully saturated rings. The van der Waals surface area contributed by atoms with Crippen LogP contribution in [0, 0.1) is 9.39 Å². The SMILES string of the molecule is COc1cc(F)ccc1-n1cc(I)cc1C(=O)O. The highest BCUT2D eigenvalue weighted by Crippen LogP contribution is 2.26. The van der Waals surface area contributed by atoms with Crippen molar-refractivity contribution >= 4 is 28.6 Å². The van der Waals surface area contributed by atoms with Crippen LogP contribution in [0.4, 0.5) is 4.39 Å². The second-order valence-corrected chi connectivity index (χ2v) is 4.78. The number of benzene rings is 1. The highest BCUT2D eigenvalue weighted by molar-refractivity contribution is 14.1. The van der Waals surface area contributed by atoms with Crippen molar-refractivity contribution in [1.29, 1.82) is 0 Å². The zero-order chi connectivity index (χ0) is 13.3. The van der Waals surface area contributed by atoms with Crippen molar-refractivity contribution in [2.45, 2.75) is 0 Å². The maximum absolute atomic E-state index is 13.1. The monoisotopic (exact) mass is 361 g/mol. The molecule has 2 rings (SSSR count). The fourth-order valence-corrected chi connectivity index (χ4v) is 2.22. The first kappa shape index (κ1) is 12.9. The average Bonchev–Trinajstić information content (AvgIpc) is 2.71. The van der Waals surface area contributed by atoms with Gasteiger partial charge in [-0.1, -0.05) is 0 Å². The first-order chi connectivity index (χ1) is 8.52. The number of methoxy groups -OCH3 is 1. The van der Waals surface area contributed by atoms with Crippen LogP contribution < -0.4 is 4.74 Å². The zero-order valence-corrected chi connectivity index (χ0v) is 11.5. The van der Waals surface area contributed by atoms with Gasteiger partial charge < -0.3 is 14.4 Å². The van der Waals surface area contributed by atoms with Gasteiger partial charge in [-0.15, -0.1) is 0 Å². The van der Waals surface area contributed by atoms with E-state index in [2.05, 4.69) is 0 Å². The lowest BCUT2D eigenvalue weighted by Gasteiger charge is -2.11. The van der Waals surface area contributed by atoms with Crippen molar-refractivity contribution in [3.05, 3.63) is 45.5 Å². The van der Waals surface area contributed by atoms with Crippen molar-refractivity contribution < 1.29 is 19.0 Å². The van der Waals surface area contributed by atoms with Crippen LogP contribution in [-0.4, -0.2) is 22.8 Å². The molecule has 0 atom stereocenters. The first-order valence-corrected chi connectivity index (χ1v) is 6.06. The standard InChI is InChI=1S/C12H9FINO3/c1-18-11-4-7(13)2-3-9(11)15-6-8(14)5-10(15)12(16)17/h2-6H,1H3,(H,16,17). The average molecular weight is 361 g/mol. The van der Waals surface area contributed by atoms with Gasteiger partial charge in [0.2, 0.25) is 0 Å². The van der Waals surface area contributed by atoms with E-state index in [1.54, 1.807) is 6.20 Å². The third-order valence-electron chi connectivity index (χ3n) is 2.41. The molecule has 0 amide bonds. The van der Waals surface area contributed by atoms with Crippen LogP contribution in [0.15, 0.2) is 30.5 Å². The number of aromatic carboxylic acids is 1. The highest BCUT2D eigenvalue weighted by atomic mass is 127. The molecule has 1 aromatic heterocycles. The highest BCUT2D eigenvalue weighted by Gasteiger charge is 2.16. The maximum Gasteiger partial charge on any atom is 0.352 e. The van der Waals surface area contributed by atoms with Gasteiger partial charge in [0.05, 0.1) is 12.8 Å². The number of rotatable bonds is 3. The smallest absolute Gasteiger partial charge is 0.352 e. The van der Waals surface area contributed by atoms with Gasteiger partial charge in [-0.05, 0) is 40.8 Å². The zero-order valence-electron chi connectivity index (χ0n) is 9.35. The van der Waals surface area contributed by atoms with E-state index in [-0.39, 0.29) is 11.4 Å². The fraction of sp³-hybridized carbons (Fsp3) is 0.0833. The minimum atomic E-state index is -1.05. The second kappa shape index (κ2) is 4.97. The van der Waals surface area contributed by atoms with Gasteiger partial charge in [-0.3, -0.25) is 0 Å². The van der Waals surface area contributed by atoms with Gasteiger partial charge in [0, 0.05) is 15.8 Å². The van der Waals surface area contributed by atoms with E-state index in [1.165, 1.54) is 35.9 Å². The van der Waals surface area contributed by atoms with E-state index < -0.39 is 11.8 Å². The molecule has 4 nitrogen and oxygen atoms in total. The lowest BCUT2D eigenvalue weighted by molar-refractivity contribution is 0.0688. The molecule has 1 aromatic carbocycles. The Hall–Kier alpha value is -1.57. The Morgan fingerprint density at radius 3 is 2.78 bits per heavy atom. The summed E-state index contributed by atoms with van der Waals surface area (Å²) in [6.45, 7) is 0. The summed E-state index contributed by atoms with van der Waals surface area (Å²) >= 11 is 2.02. The molecular formula is C12H9FINO3. The Balaban J connectivity index is 2.65. The number of carbonyl (C=O) groups is 1. The third-order valence-corrected chi connectivity index (χ3v) is 3.00. The topological polar surface area (TPSA) is 51.5 Å². The minimum Gasteiger partial charge on any atom is -0.494 e. The Labute approximate surface area is 116 Å². The predicted molar refractivity (Wildman–Crippen MR) is 72.0 cm³/mol. The fourth-order valence-electron chi connectivity index (χ4n) is 1.64. The van der Waals surface area contributed by atoms with Crippen LogP contribution in [-0.2, 0) is 0 Å². The molecule has 0 saturated carbocycles. The number of hydrogen-bond donors (Lipinski definition) is 1. The molecule has 18 heavy (non-hydrogen) atoms. The van der Waals surface area contributed by atoms with Crippen LogP contribution >= 0.6 is 22.6 Å². The van der Waals surface area contributed by atoms with Crippen molar-refractivity contribution in [3.8, 4) is 11.4 Å². The van der Waals surface area contributed by atoms with Crippen molar-refractivity contribution in [3.63, 3.8) is 0 Å². The molecule has 94 valence electrons. The van der Waals surface area contributed by atoms with Gasteiger partial charge in [-0.2, -0.15) is 0 Å². The van der Waals surface area contributed by atoms with Crippen LogP contribution in [0.1, 0.15) is 10.5 Å². The summed E-state index contributed by atoms with van der Waals surface area (Å²) in [5.41, 5.74) is 0.587. The predicted octanol–water partition coefficient (Wildman–Crippen LogP) is 2.93. The number of hydrogen-bond acceptors (Lipinski definition) is 2. The van der Waals surface area contributed by atoms with Crippen LogP contribution in [0.5, 0.6) is 5.75 Å². The van der Waals surface area contributed by atoms with Gasteiger partial charge in [0.25, 0.3) is 0 Å². The van der Waals surface area contributed by atoms with Gasteiger partial charge in [-0.25, -0.2) is 9.18 Å². The van der Waals surface area contributed by atoms with Gasteiger partial charge >= 0.3 is 5.97 Å². The molecule has 0 saturated heterocycles. The quantitative estimate of drug-likeness (QED) is 0.856. The molecule has 6 heteroatoms. The number of carboxylic acids is 1. The van der Waals surface area contributed by atoms with Crippen LogP contribution in [0.25, 0.3) is 5.69 Å². The molecular weight excluding hydrogens is 352 g/mol. The maximum atomic E-state index is 13.1. The Morgan fingerprint density at radius 2 is 2.17 bits per heavy atom. The normalized spacial score (nSPS) is 10.4. The molecule has 0 unspecified atom stereocenters. The number of nitrogens with zero attached hydrogens (tertiary/aromatic N) is 1.